The Balaban J connectivity index is 2.57. The highest BCUT2D eigenvalue weighted by atomic mass is 127. The highest BCUT2D eigenvalue weighted by molar-refractivity contribution is 14.1. The number of hydrogen-bond acceptors (Lipinski definition) is 5. The van der Waals surface area contributed by atoms with Gasteiger partial charge in [0.25, 0.3) is 0 Å². The summed E-state index contributed by atoms with van der Waals surface area (Å²) in [6.45, 7) is -1.36. The van der Waals surface area contributed by atoms with Gasteiger partial charge in [-0.1, -0.05) is 0 Å². The van der Waals surface area contributed by atoms with Crippen molar-refractivity contribution in [2.24, 2.45) is 0 Å². The van der Waals surface area contributed by atoms with Crippen molar-refractivity contribution < 1.29 is 31.1 Å². The number of carbonyl (C=O) groups excluding carboxylic acids is 1. The lowest BCUT2D eigenvalue weighted by Gasteiger charge is -2.21. The molecule has 0 unspecified atom stereocenters. The van der Waals surface area contributed by atoms with Crippen molar-refractivity contribution in [2.75, 3.05) is 32.1 Å². The van der Waals surface area contributed by atoms with Gasteiger partial charge < -0.3 is 14.4 Å². The molecule has 1 rings (SSSR count). The summed E-state index contributed by atoms with van der Waals surface area (Å²) in [6.07, 6.45) is 0. The summed E-state index contributed by atoms with van der Waals surface area (Å²) in [4.78, 5) is 13.6. The van der Waals surface area contributed by atoms with E-state index in [0.29, 0.717) is 0 Å². The van der Waals surface area contributed by atoms with Crippen molar-refractivity contribution in [1.82, 2.24) is 0 Å². The molecule has 0 spiro atoms. The van der Waals surface area contributed by atoms with Gasteiger partial charge in [0.15, 0.2) is 10.0 Å². The van der Waals surface area contributed by atoms with Crippen LogP contribution in [0.3, 0.4) is 0 Å². The molecule has 130 valence electrons. The Morgan fingerprint density at radius 3 is 2.43 bits per heavy atom. The Kier molecular flexibility index (Phi) is 6.65. The third-order valence-corrected chi connectivity index (χ3v) is 4.51. The van der Waals surface area contributed by atoms with Crippen LogP contribution in [0.15, 0.2) is 18.2 Å². The summed E-state index contributed by atoms with van der Waals surface area (Å²) in [5.74, 6) is -0.771. The number of benzene rings is 1. The number of anilines is 1. The van der Waals surface area contributed by atoms with E-state index in [9.17, 15) is 26.4 Å². The second-order valence-electron chi connectivity index (χ2n) is 4.47. The minimum Gasteiger partial charge on any atom is -0.538 e. The van der Waals surface area contributed by atoms with Crippen molar-refractivity contribution >= 4 is 44.3 Å². The third-order valence-electron chi connectivity index (χ3n) is 2.54. The second kappa shape index (κ2) is 7.66. The fourth-order valence-corrected chi connectivity index (χ4v) is 2.91. The summed E-state index contributed by atoms with van der Waals surface area (Å²) in [6, 6.07) is 4.75. The normalized spacial score (nSPS) is 12.1. The molecule has 6 nitrogen and oxygen atoms in total. The van der Waals surface area contributed by atoms with E-state index >= 15 is 0 Å². The van der Waals surface area contributed by atoms with Crippen LogP contribution in [0.4, 0.5) is 18.9 Å². The monoisotopic (exact) mass is 465 g/mol. The maximum Gasteiger partial charge on any atom is 0.480 e. The predicted molar refractivity (Wildman–Crippen MR) is 87.0 cm³/mol. The van der Waals surface area contributed by atoms with Gasteiger partial charge in [-0.05, 0) is 40.8 Å². The van der Waals surface area contributed by atoms with Crippen LogP contribution in [0, 0.1) is 3.57 Å². The lowest BCUT2D eigenvalue weighted by molar-refractivity contribution is -0.0427. The second-order valence-corrected chi connectivity index (χ2v) is 7.30. The molecule has 0 N–H and O–H groups in total. The molecule has 0 heterocycles. The molecule has 0 aliphatic heterocycles. The van der Waals surface area contributed by atoms with Crippen LogP contribution < -0.4 is 4.90 Å². The molecule has 0 radical (unpaired) electrons. The molecule has 11 heteroatoms. The third kappa shape index (κ3) is 5.49. The Labute approximate surface area is 145 Å². The van der Waals surface area contributed by atoms with Gasteiger partial charge in [0, 0.05) is 23.4 Å². The van der Waals surface area contributed by atoms with Gasteiger partial charge in [-0.2, -0.15) is 13.2 Å². The number of rotatable bonds is 6. The largest absolute Gasteiger partial charge is 0.538 e. The number of ether oxygens (including phenoxy) is 1. The number of esters is 1. The van der Waals surface area contributed by atoms with E-state index in [0.717, 1.165) is 9.26 Å². The van der Waals surface area contributed by atoms with Crippen LogP contribution in [0.2, 0.25) is 0 Å². The van der Waals surface area contributed by atoms with Crippen molar-refractivity contribution in [3.8, 4) is 0 Å². The van der Waals surface area contributed by atoms with E-state index in [2.05, 4.69) is 4.72 Å². The van der Waals surface area contributed by atoms with Crippen molar-refractivity contribution in [3.63, 3.8) is 0 Å². The lowest BCUT2D eigenvalue weighted by atomic mass is 10.2. The topological polar surface area (TPSA) is 77.8 Å². The minimum atomic E-state index is -5.56. The molecule has 0 bridgehead atoms. The van der Waals surface area contributed by atoms with Gasteiger partial charge in [0.05, 0.1) is 12.2 Å². The summed E-state index contributed by atoms with van der Waals surface area (Å²) in [7, 11) is -1.89. The smallest absolute Gasteiger partial charge is 0.480 e. The first-order chi connectivity index (χ1) is 10.5. The van der Waals surface area contributed by atoms with Crippen LogP contribution in [-0.4, -0.2) is 47.1 Å². The standard InChI is InChI=1S/C12H13F3IN2O4S/c1-18(2)10-4-3-8(7-9(10)16)11(19)22-6-5-17-23(20,21)12(13,14)15/h3-4,7H,5-6H2,1-2H3/q-1. The Hall–Kier alpha value is -1.08. The van der Waals surface area contributed by atoms with E-state index < -0.39 is 34.7 Å². The van der Waals surface area contributed by atoms with Crippen molar-refractivity contribution in [2.45, 2.75) is 5.51 Å². The van der Waals surface area contributed by atoms with Gasteiger partial charge >= 0.3 is 11.5 Å². The molecule has 0 aliphatic rings. The SMILES string of the molecule is CN(C)c1ccc(C(=O)OCC[N-]S(=O)(=O)C(F)(F)F)cc1I. The molecule has 0 aromatic heterocycles. The van der Waals surface area contributed by atoms with Crippen LogP contribution >= 0.6 is 22.6 Å². The van der Waals surface area contributed by atoms with Crippen LogP contribution in [-0.2, 0) is 14.8 Å². The fraction of sp³-hybridized carbons (Fsp3) is 0.417. The zero-order chi connectivity index (χ0) is 17.8. The van der Waals surface area contributed by atoms with E-state index in [1.807, 2.05) is 41.6 Å². The highest BCUT2D eigenvalue weighted by Crippen LogP contribution is 2.27. The van der Waals surface area contributed by atoms with Crippen LogP contribution in [0.5, 0.6) is 0 Å². The van der Waals surface area contributed by atoms with Gasteiger partial charge in [0.2, 0.25) is 0 Å². The quantitative estimate of drug-likeness (QED) is 0.367. The summed E-state index contributed by atoms with van der Waals surface area (Å²) < 4.78 is 65.5. The summed E-state index contributed by atoms with van der Waals surface area (Å²) in [5.41, 5.74) is -4.36. The number of carbonyl (C=O) groups is 1. The van der Waals surface area contributed by atoms with Gasteiger partial charge in [-0.25, -0.2) is 13.2 Å². The van der Waals surface area contributed by atoms with Gasteiger partial charge in [-0.15, -0.1) is 6.54 Å². The average molecular weight is 465 g/mol. The van der Waals surface area contributed by atoms with Crippen molar-refractivity contribution in [3.05, 3.63) is 32.1 Å². The Bertz CT molecular complexity index is 677. The molecule has 0 atom stereocenters. The Morgan fingerprint density at radius 2 is 1.96 bits per heavy atom. The number of sulfonamides is 1. The first-order valence-corrected chi connectivity index (χ1v) is 8.61. The molecule has 0 saturated heterocycles. The molecule has 0 aliphatic carbocycles. The number of halogens is 4. The highest BCUT2D eigenvalue weighted by Gasteiger charge is 2.38. The molecular formula is C12H13F3IN2O4S-. The maximum absolute atomic E-state index is 12.0. The molecule has 0 saturated carbocycles. The average Bonchev–Trinajstić information content (AvgIpc) is 2.41. The molecule has 0 amide bonds. The molecule has 23 heavy (non-hydrogen) atoms. The van der Waals surface area contributed by atoms with E-state index in [1.54, 1.807) is 12.1 Å². The molecule has 1 aromatic rings. The van der Waals surface area contributed by atoms with E-state index in [4.69, 9.17) is 4.74 Å². The predicted octanol–water partition coefficient (Wildman–Crippen LogP) is 2.74. The summed E-state index contributed by atoms with van der Waals surface area (Å²) in [5, 5.41) is 0. The number of nitrogens with zero attached hydrogens (tertiary/aromatic N) is 2. The number of hydrogen-bond donors (Lipinski definition) is 0. The maximum atomic E-state index is 12.0. The number of alkyl halides is 3. The van der Waals surface area contributed by atoms with Gasteiger partial charge in [0.1, 0.15) is 0 Å². The van der Waals surface area contributed by atoms with Gasteiger partial charge in [-0.3, -0.25) is 0 Å². The first kappa shape index (κ1) is 20.0. The minimum absolute atomic E-state index is 0.207. The molecular weight excluding hydrogens is 452 g/mol. The lowest BCUT2D eigenvalue weighted by Crippen LogP contribution is -2.23. The van der Waals surface area contributed by atoms with Crippen LogP contribution in [0.25, 0.3) is 4.72 Å². The van der Waals surface area contributed by atoms with Crippen molar-refractivity contribution in [1.29, 1.82) is 0 Å². The van der Waals surface area contributed by atoms with Crippen LogP contribution in [0.1, 0.15) is 10.4 Å². The molecule has 1 aromatic carbocycles. The molecule has 0 fully saturated rings. The summed E-state index contributed by atoms with van der Waals surface area (Å²) >= 11 is 2.03. The Morgan fingerprint density at radius 1 is 1.35 bits per heavy atom. The van der Waals surface area contributed by atoms with E-state index in [1.165, 1.54) is 6.07 Å². The fourth-order valence-electron chi connectivity index (χ4n) is 1.45. The zero-order valence-corrected chi connectivity index (χ0v) is 15.1. The zero-order valence-electron chi connectivity index (χ0n) is 12.1. The first-order valence-electron chi connectivity index (χ1n) is 6.10. The van der Waals surface area contributed by atoms with E-state index in [-0.39, 0.29) is 5.56 Å².